The van der Waals surface area contributed by atoms with Crippen LogP contribution in [0.5, 0.6) is 0 Å². The smallest absolute Gasteiger partial charge is 0.257 e. The van der Waals surface area contributed by atoms with Crippen LogP contribution in [0.4, 0.5) is 0 Å². The lowest BCUT2D eigenvalue weighted by Crippen LogP contribution is -2.38. The Bertz CT molecular complexity index is 654. The van der Waals surface area contributed by atoms with Gasteiger partial charge in [0, 0.05) is 25.4 Å². The minimum Gasteiger partial charge on any atom is -0.469 e. The summed E-state index contributed by atoms with van der Waals surface area (Å²) in [6.45, 7) is 5.38. The number of hydrogen-bond donors (Lipinski definition) is 0. The number of rotatable bonds is 5. The molecule has 3 heterocycles. The quantitative estimate of drug-likeness (QED) is 0.845. The highest BCUT2D eigenvalue weighted by Gasteiger charge is 2.28. The standard InChI is InChI=1S/C17H23N3O3/c1-3-4-5-15-18-16(23-19-15)13-6-9-20(10-7-13)17(21)14-8-11-22-12(14)2/h8,11,13H,3-7,9-10H2,1-2H3. The first-order chi connectivity index (χ1) is 11.2. The molecule has 1 fully saturated rings. The molecular weight excluding hydrogens is 294 g/mol. The first-order valence-corrected chi connectivity index (χ1v) is 8.35. The van der Waals surface area contributed by atoms with Crippen molar-refractivity contribution < 1.29 is 13.7 Å². The highest BCUT2D eigenvalue weighted by Crippen LogP contribution is 2.28. The number of furan rings is 1. The lowest BCUT2D eigenvalue weighted by molar-refractivity contribution is 0.0702. The van der Waals surface area contributed by atoms with Crippen LogP contribution in [0.15, 0.2) is 21.3 Å². The van der Waals surface area contributed by atoms with E-state index in [0.29, 0.717) is 24.4 Å². The minimum atomic E-state index is 0.0452. The van der Waals surface area contributed by atoms with E-state index in [1.807, 2.05) is 11.8 Å². The van der Waals surface area contributed by atoms with Gasteiger partial charge in [0.25, 0.3) is 5.91 Å². The van der Waals surface area contributed by atoms with Crippen molar-refractivity contribution in [2.75, 3.05) is 13.1 Å². The molecular formula is C17H23N3O3. The SMILES string of the molecule is CCCCc1noc(C2CCN(C(=O)c3ccoc3C)CC2)n1. The Morgan fingerprint density at radius 1 is 1.39 bits per heavy atom. The molecule has 0 saturated carbocycles. The second-order valence-electron chi connectivity index (χ2n) is 6.11. The molecule has 3 rings (SSSR count). The zero-order valence-electron chi connectivity index (χ0n) is 13.7. The maximum absolute atomic E-state index is 12.5. The predicted molar refractivity (Wildman–Crippen MR) is 84.2 cm³/mol. The molecule has 23 heavy (non-hydrogen) atoms. The number of aromatic nitrogens is 2. The van der Waals surface area contributed by atoms with Crippen LogP contribution in [-0.4, -0.2) is 34.0 Å². The summed E-state index contributed by atoms with van der Waals surface area (Å²) in [5.41, 5.74) is 0.656. The van der Waals surface area contributed by atoms with Gasteiger partial charge in [0.05, 0.1) is 11.8 Å². The summed E-state index contributed by atoms with van der Waals surface area (Å²) < 4.78 is 10.6. The summed E-state index contributed by atoms with van der Waals surface area (Å²) in [6, 6.07) is 1.74. The first kappa shape index (κ1) is 15.8. The van der Waals surface area contributed by atoms with Crippen molar-refractivity contribution in [3.63, 3.8) is 0 Å². The third-order valence-corrected chi connectivity index (χ3v) is 4.46. The van der Waals surface area contributed by atoms with Gasteiger partial charge in [0.1, 0.15) is 5.76 Å². The molecule has 2 aromatic heterocycles. The molecule has 0 N–H and O–H groups in total. The third kappa shape index (κ3) is 3.46. The third-order valence-electron chi connectivity index (χ3n) is 4.46. The van der Waals surface area contributed by atoms with E-state index >= 15 is 0 Å². The summed E-state index contributed by atoms with van der Waals surface area (Å²) in [7, 11) is 0. The van der Waals surface area contributed by atoms with Crippen molar-refractivity contribution in [3.8, 4) is 0 Å². The van der Waals surface area contributed by atoms with E-state index in [-0.39, 0.29) is 11.8 Å². The average molecular weight is 317 g/mol. The Hall–Kier alpha value is -2.11. The average Bonchev–Trinajstić information content (AvgIpc) is 3.21. The molecule has 1 saturated heterocycles. The molecule has 1 aliphatic rings. The molecule has 2 aromatic rings. The molecule has 0 spiro atoms. The van der Waals surface area contributed by atoms with E-state index < -0.39 is 0 Å². The van der Waals surface area contributed by atoms with Gasteiger partial charge >= 0.3 is 0 Å². The van der Waals surface area contributed by atoms with Crippen LogP contribution in [0, 0.1) is 6.92 Å². The number of hydrogen-bond acceptors (Lipinski definition) is 5. The Labute approximate surface area is 135 Å². The molecule has 124 valence electrons. The van der Waals surface area contributed by atoms with Gasteiger partial charge in [0.15, 0.2) is 5.82 Å². The van der Waals surface area contributed by atoms with E-state index in [0.717, 1.165) is 43.8 Å². The largest absolute Gasteiger partial charge is 0.469 e. The number of carbonyl (C=O) groups is 1. The van der Waals surface area contributed by atoms with Gasteiger partial charge in [0.2, 0.25) is 5.89 Å². The van der Waals surface area contributed by atoms with Gasteiger partial charge in [-0.2, -0.15) is 4.98 Å². The molecule has 0 unspecified atom stereocenters. The summed E-state index contributed by atoms with van der Waals surface area (Å²) in [6.07, 6.45) is 6.35. The molecule has 0 aliphatic carbocycles. The lowest BCUT2D eigenvalue weighted by atomic mass is 9.96. The number of unbranched alkanes of at least 4 members (excludes halogenated alkanes) is 1. The monoisotopic (exact) mass is 317 g/mol. The van der Waals surface area contributed by atoms with Gasteiger partial charge in [-0.1, -0.05) is 18.5 Å². The van der Waals surface area contributed by atoms with Gasteiger partial charge in [-0.3, -0.25) is 4.79 Å². The van der Waals surface area contributed by atoms with Crippen LogP contribution >= 0.6 is 0 Å². The van der Waals surface area contributed by atoms with E-state index in [1.165, 1.54) is 0 Å². The second kappa shape index (κ2) is 6.98. The van der Waals surface area contributed by atoms with E-state index in [9.17, 15) is 4.79 Å². The molecule has 0 bridgehead atoms. The van der Waals surface area contributed by atoms with Crippen molar-refractivity contribution in [3.05, 3.63) is 35.4 Å². The number of likely N-dealkylation sites (tertiary alicyclic amines) is 1. The maximum Gasteiger partial charge on any atom is 0.257 e. The summed E-state index contributed by atoms with van der Waals surface area (Å²) in [5.74, 6) is 2.50. The Balaban J connectivity index is 1.57. The zero-order chi connectivity index (χ0) is 16.2. The highest BCUT2D eigenvalue weighted by atomic mass is 16.5. The van der Waals surface area contributed by atoms with Crippen molar-refractivity contribution in [2.45, 2.75) is 51.9 Å². The summed E-state index contributed by atoms with van der Waals surface area (Å²) in [5, 5.41) is 4.06. The predicted octanol–water partition coefficient (Wildman–Crippen LogP) is 3.33. The molecule has 1 amide bonds. The molecule has 6 nitrogen and oxygen atoms in total. The number of nitrogens with zero attached hydrogens (tertiary/aromatic N) is 3. The van der Waals surface area contributed by atoms with Crippen molar-refractivity contribution in [1.29, 1.82) is 0 Å². The minimum absolute atomic E-state index is 0.0452. The van der Waals surface area contributed by atoms with Gasteiger partial charge in [-0.25, -0.2) is 0 Å². The van der Waals surface area contributed by atoms with Crippen LogP contribution in [0.25, 0.3) is 0 Å². The van der Waals surface area contributed by atoms with Crippen molar-refractivity contribution in [1.82, 2.24) is 15.0 Å². The number of carbonyl (C=O) groups excluding carboxylic acids is 1. The van der Waals surface area contributed by atoms with Gasteiger partial charge in [-0.15, -0.1) is 0 Å². The van der Waals surface area contributed by atoms with Gasteiger partial charge < -0.3 is 13.8 Å². The van der Waals surface area contributed by atoms with E-state index in [1.54, 1.807) is 12.3 Å². The molecule has 0 aromatic carbocycles. The summed E-state index contributed by atoms with van der Waals surface area (Å²) in [4.78, 5) is 18.8. The number of amides is 1. The van der Waals surface area contributed by atoms with E-state index in [4.69, 9.17) is 8.94 Å². The van der Waals surface area contributed by atoms with Crippen LogP contribution < -0.4 is 0 Å². The van der Waals surface area contributed by atoms with Gasteiger partial charge in [-0.05, 0) is 32.3 Å². The highest BCUT2D eigenvalue weighted by molar-refractivity contribution is 5.95. The molecule has 6 heteroatoms. The number of aryl methyl sites for hydroxylation is 2. The number of piperidine rings is 1. The Morgan fingerprint density at radius 3 is 2.83 bits per heavy atom. The molecule has 0 radical (unpaired) electrons. The van der Waals surface area contributed by atoms with Crippen LogP contribution in [0.1, 0.15) is 66.4 Å². The first-order valence-electron chi connectivity index (χ1n) is 8.35. The topological polar surface area (TPSA) is 72.4 Å². The Kier molecular flexibility index (Phi) is 4.79. The van der Waals surface area contributed by atoms with Crippen molar-refractivity contribution >= 4 is 5.91 Å². The zero-order valence-corrected chi connectivity index (χ0v) is 13.7. The fourth-order valence-electron chi connectivity index (χ4n) is 2.98. The summed E-state index contributed by atoms with van der Waals surface area (Å²) >= 11 is 0. The fourth-order valence-corrected chi connectivity index (χ4v) is 2.98. The normalized spacial score (nSPS) is 16.0. The second-order valence-corrected chi connectivity index (χ2v) is 6.11. The fraction of sp³-hybridized carbons (Fsp3) is 0.588. The Morgan fingerprint density at radius 2 is 2.17 bits per heavy atom. The van der Waals surface area contributed by atoms with Crippen LogP contribution in [0.3, 0.4) is 0 Å². The van der Waals surface area contributed by atoms with E-state index in [2.05, 4.69) is 17.1 Å². The van der Waals surface area contributed by atoms with Crippen LogP contribution in [0.2, 0.25) is 0 Å². The van der Waals surface area contributed by atoms with Crippen LogP contribution in [-0.2, 0) is 6.42 Å². The van der Waals surface area contributed by atoms with Crippen molar-refractivity contribution in [2.24, 2.45) is 0 Å². The molecule has 0 atom stereocenters. The maximum atomic E-state index is 12.5. The molecule has 1 aliphatic heterocycles. The lowest BCUT2D eigenvalue weighted by Gasteiger charge is -2.30.